The molecule has 1 saturated carbocycles. The van der Waals surface area contributed by atoms with Crippen LogP contribution < -0.4 is 10.6 Å². The Hall–Kier alpha value is -1.64. The third-order valence-corrected chi connectivity index (χ3v) is 4.02. The van der Waals surface area contributed by atoms with Crippen LogP contribution in [-0.4, -0.2) is 34.3 Å². The highest BCUT2D eigenvalue weighted by atomic mass is 127. The van der Waals surface area contributed by atoms with Crippen molar-refractivity contribution in [2.45, 2.75) is 25.8 Å². The summed E-state index contributed by atoms with van der Waals surface area (Å²) >= 11 is 0. The first kappa shape index (κ1) is 17.7. The Bertz CT molecular complexity index is 621. The summed E-state index contributed by atoms with van der Waals surface area (Å²) in [5.41, 5.74) is 1.15. The van der Waals surface area contributed by atoms with E-state index >= 15 is 0 Å². The van der Waals surface area contributed by atoms with Crippen LogP contribution in [0.1, 0.15) is 24.8 Å². The van der Waals surface area contributed by atoms with Crippen molar-refractivity contribution >= 4 is 29.9 Å². The van der Waals surface area contributed by atoms with E-state index in [1.165, 1.54) is 19.3 Å². The fraction of sp³-hybridized carbons (Fsp3) is 0.438. The van der Waals surface area contributed by atoms with Gasteiger partial charge in [0, 0.05) is 38.7 Å². The third-order valence-electron chi connectivity index (χ3n) is 4.02. The third kappa shape index (κ3) is 4.92. The van der Waals surface area contributed by atoms with Gasteiger partial charge in [0.1, 0.15) is 0 Å². The van der Waals surface area contributed by atoms with Crippen LogP contribution in [0.5, 0.6) is 0 Å². The van der Waals surface area contributed by atoms with Gasteiger partial charge in [0.2, 0.25) is 0 Å². The minimum atomic E-state index is 0. The zero-order chi connectivity index (χ0) is 15.2. The predicted molar refractivity (Wildman–Crippen MR) is 102 cm³/mol. The predicted octanol–water partition coefficient (Wildman–Crippen LogP) is 2.35. The number of hydrogen-bond acceptors (Lipinski definition) is 3. The lowest BCUT2D eigenvalue weighted by molar-refractivity contribution is 0.314. The Balaban J connectivity index is 0.00000192. The molecule has 0 amide bonds. The zero-order valence-corrected chi connectivity index (χ0v) is 15.6. The van der Waals surface area contributed by atoms with Gasteiger partial charge >= 0.3 is 0 Å². The molecule has 7 heteroatoms. The van der Waals surface area contributed by atoms with Crippen LogP contribution in [0.3, 0.4) is 0 Å². The largest absolute Gasteiger partial charge is 0.356 e. The first-order valence-corrected chi connectivity index (χ1v) is 7.74. The van der Waals surface area contributed by atoms with Crippen LogP contribution in [0, 0.1) is 5.92 Å². The lowest BCUT2D eigenvalue weighted by Gasteiger charge is -2.26. The second kappa shape index (κ2) is 8.85. The van der Waals surface area contributed by atoms with E-state index in [2.05, 4.69) is 25.7 Å². The van der Waals surface area contributed by atoms with Crippen molar-refractivity contribution in [3.63, 3.8) is 0 Å². The molecule has 1 aliphatic carbocycles. The maximum Gasteiger partial charge on any atom is 0.191 e. The number of nitrogens with zero attached hydrogens (tertiary/aromatic N) is 4. The Morgan fingerprint density at radius 3 is 2.87 bits per heavy atom. The molecule has 124 valence electrons. The van der Waals surface area contributed by atoms with Gasteiger partial charge in [0.05, 0.1) is 0 Å². The molecule has 0 atom stereocenters. The molecule has 2 aromatic rings. The molecular formula is C16H23IN6. The maximum atomic E-state index is 4.33. The monoisotopic (exact) mass is 426 g/mol. The van der Waals surface area contributed by atoms with Crippen LogP contribution in [-0.2, 0) is 6.54 Å². The zero-order valence-electron chi connectivity index (χ0n) is 13.3. The fourth-order valence-electron chi connectivity index (χ4n) is 2.44. The summed E-state index contributed by atoms with van der Waals surface area (Å²) in [6, 6.07) is 5.91. The molecule has 0 aromatic carbocycles. The molecule has 2 N–H and O–H groups in total. The standard InChI is InChI=1S/C16H22N6.HI/c1-17-16(19-11-13-4-2-5-13)20-12-14-6-8-18-15(10-14)22-9-3-7-21-22;/h3,6-10,13H,2,4-5,11-12H2,1H3,(H2,17,19,20);1H. The summed E-state index contributed by atoms with van der Waals surface area (Å²) in [4.78, 5) is 8.60. The number of guanidine groups is 1. The van der Waals surface area contributed by atoms with Gasteiger partial charge in [0.25, 0.3) is 0 Å². The SMILES string of the molecule is CN=C(NCc1ccnc(-n2cccn2)c1)NCC1CCC1.I. The average molecular weight is 426 g/mol. The Labute approximate surface area is 153 Å². The molecule has 0 radical (unpaired) electrons. The van der Waals surface area contributed by atoms with Gasteiger partial charge in [-0.3, -0.25) is 4.99 Å². The number of aliphatic imine (C=N–C) groups is 1. The minimum Gasteiger partial charge on any atom is -0.356 e. The van der Waals surface area contributed by atoms with Crippen molar-refractivity contribution in [3.05, 3.63) is 42.4 Å². The van der Waals surface area contributed by atoms with Gasteiger partial charge in [-0.25, -0.2) is 9.67 Å². The van der Waals surface area contributed by atoms with Crippen LogP contribution in [0.2, 0.25) is 0 Å². The lowest BCUT2D eigenvalue weighted by atomic mass is 9.85. The topological polar surface area (TPSA) is 67.1 Å². The minimum absolute atomic E-state index is 0. The van der Waals surface area contributed by atoms with E-state index in [4.69, 9.17) is 0 Å². The van der Waals surface area contributed by atoms with Crippen molar-refractivity contribution in [1.29, 1.82) is 0 Å². The summed E-state index contributed by atoms with van der Waals surface area (Å²) in [6.07, 6.45) is 9.48. The van der Waals surface area contributed by atoms with Crippen LogP contribution in [0.4, 0.5) is 0 Å². The van der Waals surface area contributed by atoms with Gasteiger partial charge in [-0.2, -0.15) is 5.10 Å². The molecule has 23 heavy (non-hydrogen) atoms. The van der Waals surface area contributed by atoms with E-state index < -0.39 is 0 Å². The van der Waals surface area contributed by atoms with E-state index in [0.29, 0.717) is 6.54 Å². The molecule has 6 nitrogen and oxygen atoms in total. The number of rotatable bonds is 5. The highest BCUT2D eigenvalue weighted by Crippen LogP contribution is 2.25. The van der Waals surface area contributed by atoms with Crippen molar-refractivity contribution < 1.29 is 0 Å². The highest BCUT2D eigenvalue weighted by molar-refractivity contribution is 14.0. The Kier molecular flexibility index (Phi) is 6.82. The van der Waals surface area contributed by atoms with Crippen molar-refractivity contribution in [3.8, 4) is 5.82 Å². The van der Waals surface area contributed by atoms with Gasteiger partial charge in [-0.15, -0.1) is 24.0 Å². The van der Waals surface area contributed by atoms with E-state index in [1.807, 2.05) is 24.4 Å². The highest BCUT2D eigenvalue weighted by Gasteiger charge is 2.17. The van der Waals surface area contributed by atoms with Gasteiger partial charge in [0.15, 0.2) is 11.8 Å². The molecule has 2 aromatic heterocycles. The molecule has 0 unspecified atom stereocenters. The van der Waals surface area contributed by atoms with Crippen LogP contribution >= 0.6 is 24.0 Å². The fourth-order valence-corrected chi connectivity index (χ4v) is 2.44. The van der Waals surface area contributed by atoms with Crippen molar-refractivity contribution in [2.75, 3.05) is 13.6 Å². The van der Waals surface area contributed by atoms with Crippen molar-refractivity contribution in [2.24, 2.45) is 10.9 Å². The molecule has 0 aliphatic heterocycles. The second-order valence-electron chi connectivity index (χ2n) is 5.58. The number of pyridine rings is 1. The first-order chi connectivity index (χ1) is 10.8. The second-order valence-corrected chi connectivity index (χ2v) is 5.58. The lowest BCUT2D eigenvalue weighted by Crippen LogP contribution is -2.40. The molecule has 0 bridgehead atoms. The number of aromatic nitrogens is 3. The molecule has 3 rings (SSSR count). The van der Waals surface area contributed by atoms with Crippen molar-refractivity contribution in [1.82, 2.24) is 25.4 Å². The summed E-state index contributed by atoms with van der Waals surface area (Å²) in [5, 5.41) is 10.9. The maximum absolute atomic E-state index is 4.33. The van der Waals surface area contributed by atoms with E-state index in [0.717, 1.165) is 29.8 Å². The Morgan fingerprint density at radius 2 is 2.22 bits per heavy atom. The van der Waals surface area contributed by atoms with Crippen LogP contribution in [0.15, 0.2) is 41.8 Å². The normalized spacial score (nSPS) is 14.7. The van der Waals surface area contributed by atoms with E-state index in [-0.39, 0.29) is 24.0 Å². The summed E-state index contributed by atoms with van der Waals surface area (Å²) in [7, 11) is 1.80. The van der Waals surface area contributed by atoms with E-state index in [9.17, 15) is 0 Å². The Morgan fingerprint density at radius 1 is 1.35 bits per heavy atom. The van der Waals surface area contributed by atoms with Crippen LogP contribution in [0.25, 0.3) is 5.82 Å². The van der Waals surface area contributed by atoms with E-state index in [1.54, 1.807) is 24.1 Å². The molecule has 2 heterocycles. The smallest absolute Gasteiger partial charge is 0.191 e. The average Bonchev–Trinajstić information content (AvgIpc) is 3.03. The number of halogens is 1. The van der Waals surface area contributed by atoms with Gasteiger partial charge in [-0.05, 0) is 42.5 Å². The van der Waals surface area contributed by atoms with Gasteiger partial charge < -0.3 is 10.6 Å². The molecular weight excluding hydrogens is 403 g/mol. The molecule has 0 spiro atoms. The molecule has 0 saturated heterocycles. The quantitative estimate of drug-likeness (QED) is 0.438. The summed E-state index contributed by atoms with van der Waals surface area (Å²) in [5.74, 6) is 2.48. The number of nitrogens with one attached hydrogen (secondary N) is 2. The number of hydrogen-bond donors (Lipinski definition) is 2. The van der Waals surface area contributed by atoms with Gasteiger partial charge in [-0.1, -0.05) is 6.42 Å². The molecule has 1 fully saturated rings. The first-order valence-electron chi connectivity index (χ1n) is 7.74. The summed E-state index contributed by atoms with van der Waals surface area (Å²) in [6.45, 7) is 1.72. The summed E-state index contributed by atoms with van der Waals surface area (Å²) < 4.78 is 1.76. The molecule has 1 aliphatic rings.